The summed E-state index contributed by atoms with van der Waals surface area (Å²) in [5.41, 5.74) is 1.07. The van der Waals surface area contributed by atoms with E-state index < -0.39 is 0 Å². The molecule has 106 valence electrons. The largest absolute Gasteiger partial charge is 0.368 e. The Morgan fingerprint density at radius 3 is 2.58 bits per heavy atom. The molecule has 1 aromatic rings. The van der Waals surface area contributed by atoms with Crippen molar-refractivity contribution >= 4 is 40.5 Å². The van der Waals surface area contributed by atoms with E-state index in [-0.39, 0.29) is 5.54 Å². The number of halogens is 3. The maximum atomic E-state index is 6.32. The molecule has 0 radical (unpaired) electrons. The second-order valence-corrected chi connectivity index (χ2v) is 6.56. The van der Waals surface area contributed by atoms with Gasteiger partial charge in [-0.2, -0.15) is 0 Å². The predicted molar refractivity (Wildman–Crippen MR) is 85.0 cm³/mol. The van der Waals surface area contributed by atoms with E-state index in [0.717, 1.165) is 38.2 Å². The first-order chi connectivity index (χ1) is 8.95. The van der Waals surface area contributed by atoms with Gasteiger partial charge in [0.2, 0.25) is 0 Å². The maximum absolute atomic E-state index is 6.32. The third-order valence-electron chi connectivity index (χ3n) is 3.81. The number of rotatable bonds is 2. The van der Waals surface area contributed by atoms with Gasteiger partial charge in [0.25, 0.3) is 0 Å². The van der Waals surface area contributed by atoms with Crippen LogP contribution in [0, 0.1) is 0 Å². The van der Waals surface area contributed by atoms with E-state index in [0.29, 0.717) is 15.1 Å². The summed E-state index contributed by atoms with van der Waals surface area (Å²) in [5.74, 6) is 0. The third-order valence-corrected chi connectivity index (χ3v) is 4.83. The lowest BCUT2D eigenvalue weighted by Crippen LogP contribution is -2.48. The van der Waals surface area contributed by atoms with Crippen molar-refractivity contribution in [2.24, 2.45) is 0 Å². The molecule has 0 spiro atoms. The SMILES string of the molecule is CCC1(C)CN(c2cc(Cl)c(Cl)cc2Cl)CCCN1. The molecule has 1 unspecified atom stereocenters. The van der Waals surface area contributed by atoms with E-state index in [1.807, 2.05) is 6.07 Å². The molecule has 1 fully saturated rings. The van der Waals surface area contributed by atoms with Crippen LogP contribution in [-0.2, 0) is 0 Å². The van der Waals surface area contributed by atoms with E-state index in [1.54, 1.807) is 6.07 Å². The first-order valence-corrected chi connectivity index (χ1v) is 7.73. The Balaban J connectivity index is 2.32. The molecular formula is C14H19Cl3N2. The van der Waals surface area contributed by atoms with E-state index in [1.165, 1.54) is 0 Å². The second kappa shape index (κ2) is 6.09. The van der Waals surface area contributed by atoms with Crippen molar-refractivity contribution in [3.63, 3.8) is 0 Å². The van der Waals surface area contributed by atoms with Crippen molar-refractivity contribution in [2.45, 2.75) is 32.2 Å². The van der Waals surface area contributed by atoms with Crippen LogP contribution in [0.1, 0.15) is 26.7 Å². The Morgan fingerprint density at radius 1 is 1.21 bits per heavy atom. The number of benzene rings is 1. The van der Waals surface area contributed by atoms with Gasteiger partial charge in [-0.15, -0.1) is 0 Å². The zero-order chi connectivity index (χ0) is 14.0. The van der Waals surface area contributed by atoms with Gasteiger partial charge in [-0.1, -0.05) is 41.7 Å². The molecule has 1 N–H and O–H groups in total. The highest BCUT2D eigenvalue weighted by molar-refractivity contribution is 6.44. The zero-order valence-corrected chi connectivity index (χ0v) is 13.5. The van der Waals surface area contributed by atoms with E-state index in [2.05, 4.69) is 24.1 Å². The molecule has 2 rings (SSSR count). The van der Waals surface area contributed by atoms with Crippen LogP contribution in [0.4, 0.5) is 5.69 Å². The smallest absolute Gasteiger partial charge is 0.0655 e. The van der Waals surface area contributed by atoms with Gasteiger partial charge >= 0.3 is 0 Å². The molecule has 1 atom stereocenters. The highest BCUT2D eigenvalue weighted by Crippen LogP contribution is 2.35. The fraction of sp³-hybridized carbons (Fsp3) is 0.571. The summed E-state index contributed by atoms with van der Waals surface area (Å²) < 4.78 is 0. The molecule has 0 saturated carbocycles. The minimum atomic E-state index is 0.103. The molecule has 1 heterocycles. The predicted octanol–water partition coefficient (Wildman–Crippen LogP) is 4.62. The normalized spacial score (nSPS) is 24.4. The summed E-state index contributed by atoms with van der Waals surface area (Å²) in [6, 6.07) is 3.59. The van der Waals surface area contributed by atoms with Crippen LogP contribution in [0.5, 0.6) is 0 Å². The lowest BCUT2D eigenvalue weighted by molar-refractivity contribution is 0.366. The summed E-state index contributed by atoms with van der Waals surface area (Å²) in [6.07, 6.45) is 2.16. The fourth-order valence-electron chi connectivity index (χ4n) is 2.41. The topological polar surface area (TPSA) is 15.3 Å². The Bertz CT molecular complexity index is 464. The van der Waals surface area contributed by atoms with Crippen LogP contribution in [0.3, 0.4) is 0 Å². The molecule has 1 aliphatic rings. The molecule has 5 heteroatoms. The van der Waals surface area contributed by atoms with Crippen LogP contribution in [0.25, 0.3) is 0 Å². The third kappa shape index (κ3) is 3.49. The van der Waals surface area contributed by atoms with Gasteiger partial charge in [-0.25, -0.2) is 0 Å². The lowest BCUT2D eigenvalue weighted by Gasteiger charge is -2.34. The molecule has 1 saturated heterocycles. The average molecular weight is 322 g/mol. The second-order valence-electron chi connectivity index (χ2n) is 5.33. The zero-order valence-electron chi connectivity index (χ0n) is 11.3. The average Bonchev–Trinajstić information content (AvgIpc) is 2.57. The van der Waals surface area contributed by atoms with Crippen molar-refractivity contribution in [1.29, 1.82) is 0 Å². The van der Waals surface area contributed by atoms with Crippen molar-refractivity contribution in [2.75, 3.05) is 24.5 Å². The number of hydrogen-bond acceptors (Lipinski definition) is 2. The van der Waals surface area contributed by atoms with Crippen LogP contribution >= 0.6 is 34.8 Å². The first-order valence-electron chi connectivity index (χ1n) is 6.60. The van der Waals surface area contributed by atoms with Crippen LogP contribution in [0.15, 0.2) is 12.1 Å². The Hall–Kier alpha value is -0.150. The van der Waals surface area contributed by atoms with Gasteiger partial charge in [-0.05, 0) is 38.4 Å². The van der Waals surface area contributed by atoms with Gasteiger partial charge in [0.05, 0.1) is 20.8 Å². The number of hydrogen-bond donors (Lipinski definition) is 1. The van der Waals surface area contributed by atoms with Crippen LogP contribution < -0.4 is 10.2 Å². The number of nitrogens with one attached hydrogen (secondary N) is 1. The summed E-state index contributed by atoms with van der Waals surface area (Å²) >= 11 is 18.4. The van der Waals surface area contributed by atoms with Crippen molar-refractivity contribution in [3.05, 3.63) is 27.2 Å². The Labute approximate surface area is 130 Å². The Kier molecular flexibility index (Phi) is 4.88. The lowest BCUT2D eigenvalue weighted by atomic mass is 9.98. The highest BCUT2D eigenvalue weighted by Gasteiger charge is 2.28. The van der Waals surface area contributed by atoms with Gasteiger partial charge in [0.1, 0.15) is 0 Å². The first kappa shape index (κ1) is 15.2. The van der Waals surface area contributed by atoms with Gasteiger partial charge < -0.3 is 10.2 Å². The number of nitrogens with zero attached hydrogens (tertiary/aromatic N) is 1. The minimum Gasteiger partial charge on any atom is -0.368 e. The van der Waals surface area contributed by atoms with E-state index in [9.17, 15) is 0 Å². The van der Waals surface area contributed by atoms with Gasteiger partial charge in [0.15, 0.2) is 0 Å². The molecule has 1 aliphatic heterocycles. The Morgan fingerprint density at radius 2 is 1.89 bits per heavy atom. The van der Waals surface area contributed by atoms with Crippen molar-refractivity contribution in [1.82, 2.24) is 5.32 Å². The molecule has 19 heavy (non-hydrogen) atoms. The molecular weight excluding hydrogens is 303 g/mol. The molecule has 0 bridgehead atoms. The molecule has 1 aromatic carbocycles. The summed E-state index contributed by atoms with van der Waals surface area (Å²) in [5, 5.41) is 5.32. The van der Waals surface area contributed by atoms with Gasteiger partial charge in [-0.3, -0.25) is 0 Å². The van der Waals surface area contributed by atoms with E-state index in [4.69, 9.17) is 34.8 Å². The van der Waals surface area contributed by atoms with Crippen LogP contribution in [0.2, 0.25) is 15.1 Å². The molecule has 0 aliphatic carbocycles. The quantitative estimate of drug-likeness (QED) is 0.800. The van der Waals surface area contributed by atoms with Crippen LogP contribution in [-0.4, -0.2) is 25.2 Å². The standard InChI is InChI=1S/C14H19Cl3N2/c1-3-14(2)9-19(6-4-5-18-14)13-8-11(16)10(15)7-12(13)17/h7-8,18H,3-6,9H2,1-2H3. The number of anilines is 1. The molecule has 0 aromatic heterocycles. The summed E-state index contributed by atoms with van der Waals surface area (Å²) in [6.45, 7) is 7.37. The van der Waals surface area contributed by atoms with Crippen molar-refractivity contribution < 1.29 is 0 Å². The molecule has 2 nitrogen and oxygen atoms in total. The highest BCUT2D eigenvalue weighted by atomic mass is 35.5. The monoisotopic (exact) mass is 320 g/mol. The maximum Gasteiger partial charge on any atom is 0.0655 e. The van der Waals surface area contributed by atoms with Gasteiger partial charge in [0, 0.05) is 18.6 Å². The van der Waals surface area contributed by atoms with Crippen molar-refractivity contribution in [3.8, 4) is 0 Å². The fourth-order valence-corrected chi connectivity index (χ4v) is 3.07. The molecule has 0 amide bonds. The van der Waals surface area contributed by atoms with E-state index >= 15 is 0 Å². The minimum absolute atomic E-state index is 0.103. The summed E-state index contributed by atoms with van der Waals surface area (Å²) in [4.78, 5) is 2.30. The summed E-state index contributed by atoms with van der Waals surface area (Å²) in [7, 11) is 0.